The second-order valence-corrected chi connectivity index (χ2v) is 7.73. The second-order valence-electron chi connectivity index (χ2n) is 7.73. The van der Waals surface area contributed by atoms with Crippen molar-refractivity contribution in [1.29, 1.82) is 0 Å². The van der Waals surface area contributed by atoms with Crippen molar-refractivity contribution >= 4 is 6.29 Å². The first-order valence-electron chi connectivity index (χ1n) is 10.4. The van der Waals surface area contributed by atoms with E-state index in [1.165, 1.54) is 0 Å². The van der Waals surface area contributed by atoms with Crippen molar-refractivity contribution in [1.82, 2.24) is 19.5 Å². The summed E-state index contributed by atoms with van der Waals surface area (Å²) in [7, 11) is 1.86. The van der Waals surface area contributed by atoms with E-state index in [0.717, 1.165) is 18.5 Å². The maximum atomic E-state index is 11.8. The number of imidazole rings is 1. The summed E-state index contributed by atoms with van der Waals surface area (Å²) in [4.78, 5) is 25.5. The molecule has 0 saturated carbocycles. The fraction of sp³-hybridized carbons (Fsp3) is 0.200. The van der Waals surface area contributed by atoms with Crippen molar-refractivity contribution in [2.45, 2.75) is 20.3 Å². The molecule has 0 spiro atoms. The first-order valence-corrected chi connectivity index (χ1v) is 10.4. The van der Waals surface area contributed by atoms with Gasteiger partial charge in [0, 0.05) is 13.5 Å². The standard InChI is InChI=1S/C25H24N4O3/c1-17(2)14-21-26-20(16-30)24(29(21)3)25-27-22(31-18-10-6-4-7-11-18)15-23(28-25)32-19-12-8-5-9-13-19/h4-13,15-17H,14H2,1-3H3. The molecule has 0 aliphatic rings. The Balaban J connectivity index is 1.80. The summed E-state index contributed by atoms with van der Waals surface area (Å²) in [5.41, 5.74) is 0.803. The van der Waals surface area contributed by atoms with Crippen molar-refractivity contribution in [3.8, 4) is 34.8 Å². The lowest BCUT2D eigenvalue weighted by Gasteiger charge is -2.12. The van der Waals surface area contributed by atoms with Crippen LogP contribution in [-0.2, 0) is 13.5 Å². The Labute approximate surface area is 186 Å². The van der Waals surface area contributed by atoms with Gasteiger partial charge in [0.2, 0.25) is 11.8 Å². The lowest BCUT2D eigenvalue weighted by Crippen LogP contribution is -2.05. The van der Waals surface area contributed by atoms with E-state index in [0.29, 0.717) is 40.7 Å². The van der Waals surface area contributed by atoms with Crippen molar-refractivity contribution in [3.63, 3.8) is 0 Å². The maximum Gasteiger partial charge on any atom is 0.226 e. The molecule has 0 amide bonds. The Morgan fingerprint density at radius 2 is 1.41 bits per heavy atom. The summed E-state index contributed by atoms with van der Waals surface area (Å²) in [5.74, 6) is 3.34. The largest absolute Gasteiger partial charge is 0.439 e. The number of benzene rings is 2. The lowest BCUT2D eigenvalue weighted by atomic mass is 10.1. The number of aldehydes is 1. The fourth-order valence-corrected chi connectivity index (χ4v) is 3.30. The van der Waals surface area contributed by atoms with Crippen LogP contribution in [0.1, 0.15) is 30.2 Å². The normalized spacial score (nSPS) is 10.9. The number of aromatic nitrogens is 4. The smallest absolute Gasteiger partial charge is 0.226 e. The third kappa shape index (κ3) is 4.83. The molecular formula is C25H24N4O3. The van der Waals surface area contributed by atoms with Gasteiger partial charge in [-0.15, -0.1) is 0 Å². The molecule has 0 aliphatic heterocycles. The van der Waals surface area contributed by atoms with E-state index in [4.69, 9.17) is 9.47 Å². The molecule has 4 rings (SSSR count). The highest BCUT2D eigenvalue weighted by Gasteiger charge is 2.21. The highest BCUT2D eigenvalue weighted by Crippen LogP contribution is 2.30. The van der Waals surface area contributed by atoms with Gasteiger partial charge in [-0.2, -0.15) is 9.97 Å². The lowest BCUT2D eigenvalue weighted by molar-refractivity contribution is 0.111. The molecule has 0 radical (unpaired) electrons. The topological polar surface area (TPSA) is 79.1 Å². The van der Waals surface area contributed by atoms with Gasteiger partial charge >= 0.3 is 0 Å². The van der Waals surface area contributed by atoms with Crippen LogP contribution in [0.4, 0.5) is 0 Å². The number of carbonyl (C=O) groups is 1. The zero-order chi connectivity index (χ0) is 22.5. The maximum absolute atomic E-state index is 11.8. The second kappa shape index (κ2) is 9.43. The molecule has 32 heavy (non-hydrogen) atoms. The average molecular weight is 428 g/mol. The summed E-state index contributed by atoms with van der Waals surface area (Å²) in [6, 6.07) is 20.3. The van der Waals surface area contributed by atoms with Gasteiger partial charge < -0.3 is 14.0 Å². The molecule has 4 aromatic rings. The molecule has 7 heteroatoms. The Morgan fingerprint density at radius 1 is 0.875 bits per heavy atom. The number of para-hydroxylation sites is 2. The van der Waals surface area contributed by atoms with E-state index < -0.39 is 0 Å². The number of carbonyl (C=O) groups excluding carboxylic acids is 1. The van der Waals surface area contributed by atoms with Crippen LogP contribution in [0.15, 0.2) is 66.7 Å². The molecular weight excluding hydrogens is 404 g/mol. The SMILES string of the molecule is CC(C)Cc1nc(C=O)c(-c2nc(Oc3ccccc3)cc(Oc3ccccc3)n2)n1C. The van der Waals surface area contributed by atoms with E-state index in [2.05, 4.69) is 28.8 Å². The molecule has 2 aromatic heterocycles. The quantitative estimate of drug-likeness (QED) is 0.346. The zero-order valence-corrected chi connectivity index (χ0v) is 18.2. The first kappa shape index (κ1) is 21.2. The molecule has 0 fully saturated rings. The van der Waals surface area contributed by atoms with Crippen LogP contribution < -0.4 is 9.47 Å². The first-order chi connectivity index (χ1) is 15.5. The number of nitrogens with zero attached hydrogens (tertiary/aromatic N) is 4. The fourth-order valence-electron chi connectivity index (χ4n) is 3.30. The van der Waals surface area contributed by atoms with Gasteiger partial charge in [0.05, 0.1) is 6.07 Å². The number of rotatable bonds is 8. The summed E-state index contributed by atoms with van der Waals surface area (Å²) in [6.45, 7) is 4.21. The van der Waals surface area contributed by atoms with Crippen LogP contribution in [0.3, 0.4) is 0 Å². The van der Waals surface area contributed by atoms with Gasteiger partial charge in [-0.1, -0.05) is 50.2 Å². The van der Waals surface area contributed by atoms with Gasteiger partial charge in [0.1, 0.15) is 28.7 Å². The minimum Gasteiger partial charge on any atom is -0.439 e. The Bertz CT molecular complexity index is 1150. The van der Waals surface area contributed by atoms with Gasteiger partial charge in [-0.25, -0.2) is 4.98 Å². The minimum absolute atomic E-state index is 0.283. The summed E-state index contributed by atoms with van der Waals surface area (Å²) >= 11 is 0. The van der Waals surface area contributed by atoms with E-state index in [1.807, 2.05) is 72.3 Å². The Morgan fingerprint density at radius 3 is 1.88 bits per heavy atom. The molecule has 2 aromatic carbocycles. The average Bonchev–Trinajstić information content (AvgIpc) is 3.09. The van der Waals surface area contributed by atoms with Crippen LogP contribution in [0.25, 0.3) is 11.5 Å². The highest BCUT2D eigenvalue weighted by atomic mass is 16.5. The van der Waals surface area contributed by atoms with E-state index in [9.17, 15) is 4.79 Å². The van der Waals surface area contributed by atoms with Crippen molar-refractivity contribution in [2.75, 3.05) is 0 Å². The van der Waals surface area contributed by atoms with Gasteiger partial charge in [0.25, 0.3) is 0 Å². The third-order valence-corrected chi connectivity index (χ3v) is 4.74. The molecule has 162 valence electrons. The van der Waals surface area contributed by atoms with Crippen LogP contribution in [0, 0.1) is 5.92 Å². The number of hydrogen-bond donors (Lipinski definition) is 0. The molecule has 0 saturated heterocycles. The predicted molar refractivity (Wildman–Crippen MR) is 121 cm³/mol. The van der Waals surface area contributed by atoms with Crippen molar-refractivity contribution in [3.05, 3.63) is 78.2 Å². The number of ether oxygens (including phenoxy) is 2. The van der Waals surface area contributed by atoms with Crippen LogP contribution in [-0.4, -0.2) is 25.8 Å². The predicted octanol–water partition coefficient (Wildman–Crippen LogP) is 5.47. The van der Waals surface area contributed by atoms with E-state index >= 15 is 0 Å². The molecule has 0 atom stereocenters. The minimum atomic E-state index is 0.283. The molecule has 0 bridgehead atoms. The zero-order valence-electron chi connectivity index (χ0n) is 18.2. The molecule has 0 N–H and O–H groups in total. The van der Waals surface area contributed by atoms with E-state index in [1.54, 1.807) is 6.07 Å². The summed E-state index contributed by atoms with van der Waals surface area (Å²) < 4.78 is 13.8. The third-order valence-electron chi connectivity index (χ3n) is 4.74. The molecule has 0 aliphatic carbocycles. The molecule has 7 nitrogen and oxygen atoms in total. The molecule has 0 unspecified atom stereocenters. The van der Waals surface area contributed by atoms with Crippen molar-refractivity contribution < 1.29 is 14.3 Å². The van der Waals surface area contributed by atoms with Gasteiger partial charge in [-0.3, -0.25) is 4.79 Å². The monoisotopic (exact) mass is 428 g/mol. The van der Waals surface area contributed by atoms with E-state index in [-0.39, 0.29) is 5.69 Å². The van der Waals surface area contributed by atoms with Gasteiger partial charge in [0.15, 0.2) is 12.1 Å². The van der Waals surface area contributed by atoms with Crippen molar-refractivity contribution in [2.24, 2.45) is 13.0 Å². The summed E-state index contributed by atoms with van der Waals surface area (Å²) in [5, 5.41) is 0. The van der Waals surface area contributed by atoms with Crippen LogP contribution in [0.2, 0.25) is 0 Å². The molecule has 2 heterocycles. The Kier molecular flexibility index (Phi) is 6.26. The highest BCUT2D eigenvalue weighted by molar-refractivity contribution is 5.82. The van der Waals surface area contributed by atoms with Crippen LogP contribution in [0.5, 0.6) is 23.3 Å². The van der Waals surface area contributed by atoms with Gasteiger partial charge in [-0.05, 0) is 30.2 Å². The summed E-state index contributed by atoms with van der Waals surface area (Å²) in [6.07, 6.45) is 1.45. The Hall–Kier alpha value is -4.00. The van der Waals surface area contributed by atoms with Crippen LogP contribution >= 0.6 is 0 Å². The number of hydrogen-bond acceptors (Lipinski definition) is 6.